The number of allylic oxidation sites excluding steroid dienone is 2. The smallest absolute Gasteiger partial charge is 0.141 e. The SMILES string of the molecule is OC1(Br)C=CC(Cc2ccccc2)=CC1. The molecule has 1 atom stereocenters. The summed E-state index contributed by atoms with van der Waals surface area (Å²) in [5.41, 5.74) is 2.55. The van der Waals surface area contributed by atoms with Gasteiger partial charge in [-0.2, -0.15) is 0 Å². The Morgan fingerprint density at radius 3 is 2.60 bits per heavy atom. The highest BCUT2D eigenvalue weighted by atomic mass is 79.9. The van der Waals surface area contributed by atoms with Crippen molar-refractivity contribution in [2.45, 2.75) is 17.4 Å². The second-order valence-electron chi connectivity index (χ2n) is 3.80. The van der Waals surface area contributed by atoms with Gasteiger partial charge in [0.25, 0.3) is 0 Å². The molecule has 1 nitrogen and oxygen atoms in total. The summed E-state index contributed by atoms with van der Waals surface area (Å²) < 4.78 is -0.840. The molecule has 2 rings (SSSR count). The Hall–Kier alpha value is -0.860. The van der Waals surface area contributed by atoms with Gasteiger partial charge in [0.05, 0.1) is 0 Å². The van der Waals surface area contributed by atoms with E-state index in [1.165, 1.54) is 11.1 Å². The van der Waals surface area contributed by atoms with Gasteiger partial charge in [-0.05, 0) is 39.6 Å². The van der Waals surface area contributed by atoms with Gasteiger partial charge in [-0.3, -0.25) is 0 Å². The molecule has 2 heteroatoms. The molecule has 0 heterocycles. The van der Waals surface area contributed by atoms with Gasteiger partial charge in [-0.25, -0.2) is 0 Å². The molecule has 1 N–H and O–H groups in total. The summed E-state index contributed by atoms with van der Waals surface area (Å²) in [6.45, 7) is 0. The van der Waals surface area contributed by atoms with Crippen LogP contribution in [0.15, 0.2) is 54.1 Å². The van der Waals surface area contributed by atoms with Crippen LogP contribution in [0.25, 0.3) is 0 Å². The average molecular weight is 265 g/mol. The van der Waals surface area contributed by atoms with Crippen LogP contribution in [0.2, 0.25) is 0 Å². The third-order valence-electron chi connectivity index (χ3n) is 2.45. The second kappa shape index (κ2) is 4.33. The topological polar surface area (TPSA) is 20.2 Å². The van der Waals surface area contributed by atoms with E-state index in [9.17, 15) is 5.11 Å². The first-order chi connectivity index (χ1) is 7.16. The van der Waals surface area contributed by atoms with Crippen molar-refractivity contribution in [3.8, 4) is 0 Å². The van der Waals surface area contributed by atoms with Gasteiger partial charge in [0.1, 0.15) is 4.51 Å². The molecule has 0 radical (unpaired) electrons. The minimum Gasteiger partial charge on any atom is -0.375 e. The molecule has 1 aliphatic rings. The lowest BCUT2D eigenvalue weighted by molar-refractivity contribution is 0.197. The number of rotatable bonds is 2. The Kier molecular flexibility index (Phi) is 3.08. The first-order valence-corrected chi connectivity index (χ1v) is 5.78. The summed E-state index contributed by atoms with van der Waals surface area (Å²) in [6, 6.07) is 10.3. The monoisotopic (exact) mass is 264 g/mol. The number of halogens is 1. The van der Waals surface area contributed by atoms with Crippen molar-refractivity contribution in [3.05, 3.63) is 59.7 Å². The Bertz CT molecular complexity index is 390. The molecule has 0 fully saturated rings. The molecular weight excluding hydrogens is 252 g/mol. The van der Waals surface area contributed by atoms with Crippen LogP contribution in [0.4, 0.5) is 0 Å². The van der Waals surface area contributed by atoms with E-state index < -0.39 is 4.51 Å². The Morgan fingerprint density at radius 1 is 1.27 bits per heavy atom. The number of hydrogen-bond acceptors (Lipinski definition) is 1. The zero-order valence-corrected chi connectivity index (χ0v) is 9.94. The largest absolute Gasteiger partial charge is 0.375 e. The molecule has 1 aromatic rings. The summed E-state index contributed by atoms with van der Waals surface area (Å²) in [5.74, 6) is 0. The minimum atomic E-state index is -0.840. The number of aliphatic hydroxyl groups is 1. The number of benzene rings is 1. The maximum Gasteiger partial charge on any atom is 0.141 e. The van der Waals surface area contributed by atoms with E-state index in [-0.39, 0.29) is 0 Å². The van der Waals surface area contributed by atoms with Gasteiger partial charge in [-0.1, -0.05) is 42.5 Å². The molecule has 1 aliphatic carbocycles. The molecule has 0 saturated carbocycles. The fourth-order valence-corrected chi connectivity index (χ4v) is 1.90. The lowest BCUT2D eigenvalue weighted by Crippen LogP contribution is -2.17. The van der Waals surface area contributed by atoms with Gasteiger partial charge in [-0.15, -0.1) is 0 Å². The van der Waals surface area contributed by atoms with Crippen molar-refractivity contribution < 1.29 is 5.11 Å². The Labute approximate surface area is 98.3 Å². The Morgan fingerprint density at radius 2 is 2.00 bits per heavy atom. The normalized spacial score (nSPS) is 25.1. The molecule has 15 heavy (non-hydrogen) atoms. The first kappa shape index (κ1) is 10.7. The molecule has 1 unspecified atom stereocenters. The van der Waals surface area contributed by atoms with E-state index in [0.29, 0.717) is 6.42 Å². The van der Waals surface area contributed by atoms with Crippen molar-refractivity contribution in [2.75, 3.05) is 0 Å². The summed E-state index contributed by atoms with van der Waals surface area (Å²) >= 11 is 3.23. The molecule has 0 amide bonds. The van der Waals surface area contributed by atoms with E-state index in [1.807, 2.05) is 24.3 Å². The zero-order valence-electron chi connectivity index (χ0n) is 8.36. The van der Waals surface area contributed by atoms with Crippen LogP contribution in [-0.4, -0.2) is 9.62 Å². The van der Waals surface area contributed by atoms with E-state index >= 15 is 0 Å². The molecule has 0 aromatic heterocycles. The molecule has 0 aliphatic heterocycles. The van der Waals surface area contributed by atoms with E-state index in [2.05, 4.69) is 34.1 Å². The third-order valence-corrected chi connectivity index (χ3v) is 3.04. The molecule has 78 valence electrons. The van der Waals surface area contributed by atoms with Crippen LogP contribution >= 0.6 is 15.9 Å². The standard InChI is InChI=1S/C13H13BrO/c14-13(15)8-6-12(7-9-13)10-11-4-2-1-3-5-11/h1-8,15H,9-10H2. The highest BCUT2D eigenvalue weighted by Gasteiger charge is 2.20. The number of hydrogen-bond donors (Lipinski definition) is 1. The predicted octanol–water partition coefficient (Wildman–Crippen LogP) is 3.20. The van der Waals surface area contributed by atoms with Gasteiger partial charge in [0.15, 0.2) is 0 Å². The lowest BCUT2D eigenvalue weighted by Gasteiger charge is -2.19. The van der Waals surface area contributed by atoms with Crippen LogP contribution in [0.5, 0.6) is 0 Å². The average Bonchev–Trinajstić information content (AvgIpc) is 2.23. The van der Waals surface area contributed by atoms with Crippen LogP contribution in [0.3, 0.4) is 0 Å². The molecule has 0 spiro atoms. The lowest BCUT2D eigenvalue weighted by atomic mass is 9.98. The molecule has 1 aromatic carbocycles. The minimum absolute atomic E-state index is 0.631. The predicted molar refractivity (Wildman–Crippen MR) is 65.9 cm³/mol. The molecule has 0 bridgehead atoms. The van der Waals surface area contributed by atoms with Crippen LogP contribution < -0.4 is 0 Å². The highest BCUT2D eigenvalue weighted by Crippen LogP contribution is 2.27. The van der Waals surface area contributed by atoms with Crippen molar-refractivity contribution in [2.24, 2.45) is 0 Å². The Balaban J connectivity index is 2.04. The molecule has 0 saturated heterocycles. The van der Waals surface area contributed by atoms with Crippen molar-refractivity contribution in [1.82, 2.24) is 0 Å². The second-order valence-corrected chi connectivity index (χ2v) is 5.17. The summed E-state index contributed by atoms with van der Waals surface area (Å²) in [7, 11) is 0. The van der Waals surface area contributed by atoms with E-state index in [0.717, 1.165) is 6.42 Å². The third kappa shape index (κ3) is 3.05. The maximum atomic E-state index is 9.64. The fourth-order valence-electron chi connectivity index (χ4n) is 1.61. The highest BCUT2D eigenvalue weighted by molar-refractivity contribution is 9.10. The summed E-state index contributed by atoms with van der Waals surface area (Å²) in [4.78, 5) is 0. The maximum absolute atomic E-state index is 9.64. The first-order valence-electron chi connectivity index (χ1n) is 4.99. The van der Waals surface area contributed by atoms with Gasteiger partial charge in [0, 0.05) is 6.42 Å². The van der Waals surface area contributed by atoms with Crippen molar-refractivity contribution in [1.29, 1.82) is 0 Å². The van der Waals surface area contributed by atoms with E-state index in [4.69, 9.17) is 0 Å². The van der Waals surface area contributed by atoms with Gasteiger partial charge >= 0.3 is 0 Å². The van der Waals surface area contributed by atoms with E-state index in [1.54, 1.807) is 6.08 Å². The summed E-state index contributed by atoms with van der Waals surface area (Å²) in [6.07, 6.45) is 7.41. The van der Waals surface area contributed by atoms with Crippen molar-refractivity contribution >= 4 is 15.9 Å². The van der Waals surface area contributed by atoms with Crippen LogP contribution in [-0.2, 0) is 6.42 Å². The van der Waals surface area contributed by atoms with Gasteiger partial charge < -0.3 is 5.11 Å². The fraction of sp³-hybridized carbons (Fsp3) is 0.231. The van der Waals surface area contributed by atoms with Crippen LogP contribution in [0.1, 0.15) is 12.0 Å². The van der Waals surface area contributed by atoms with Crippen molar-refractivity contribution in [3.63, 3.8) is 0 Å². The van der Waals surface area contributed by atoms with Gasteiger partial charge in [0.2, 0.25) is 0 Å². The van der Waals surface area contributed by atoms with Crippen LogP contribution in [0, 0.1) is 0 Å². The zero-order chi connectivity index (χ0) is 10.7. The summed E-state index contributed by atoms with van der Waals surface area (Å²) in [5, 5.41) is 9.64. The quantitative estimate of drug-likeness (QED) is 0.814. The number of alkyl halides is 1. The molecular formula is C13H13BrO.